The summed E-state index contributed by atoms with van der Waals surface area (Å²) in [7, 11) is 0. The number of aromatic carboxylic acids is 2. The molecule has 1 heterocycles. The molecule has 1 rings (SSSR count). The van der Waals surface area contributed by atoms with E-state index >= 15 is 0 Å². The van der Waals surface area contributed by atoms with Crippen LogP contribution < -0.4 is 0 Å². The lowest BCUT2D eigenvalue weighted by Crippen LogP contribution is -1.94. The molecule has 84 valence electrons. The number of rotatable bonds is 3. The van der Waals surface area contributed by atoms with Gasteiger partial charge in [-0.1, -0.05) is 26.7 Å². The quantitative estimate of drug-likeness (QED) is 0.806. The summed E-state index contributed by atoms with van der Waals surface area (Å²) in [6, 6.07) is 0.949. The van der Waals surface area contributed by atoms with Gasteiger partial charge in [-0.05, 0) is 0 Å². The Balaban J connectivity index is 0.000000423. The van der Waals surface area contributed by atoms with E-state index in [-0.39, 0.29) is 11.3 Å². The molecule has 0 unspecified atom stereocenters. The molecule has 0 aliphatic carbocycles. The van der Waals surface area contributed by atoms with Crippen molar-refractivity contribution in [2.75, 3.05) is 0 Å². The van der Waals surface area contributed by atoms with Crippen LogP contribution in [-0.4, -0.2) is 22.2 Å². The number of carbonyl (C=O) groups is 2. The van der Waals surface area contributed by atoms with Gasteiger partial charge in [0.15, 0.2) is 0 Å². The summed E-state index contributed by atoms with van der Waals surface area (Å²) in [5.41, 5.74) is -0.164. The van der Waals surface area contributed by atoms with E-state index < -0.39 is 11.9 Å². The van der Waals surface area contributed by atoms with Crippen LogP contribution in [0.3, 0.4) is 0 Å². The number of carboxylic acid groups (broad SMARTS) is 2. The van der Waals surface area contributed by atoms with Crippen LogP contribution in [0.1, 0.15) is 47.6 Å². The average molecular weight is 214 g/mol. The number of carboxylic acids is 2. The second kappa shape index (κ2) is 6.64. The number of hydrogen-bond acceptors (Lipinski definition) is 3. The van der Waals surface area contributed by atoms with Crippen molar-refractivity contribution in [3.8, 4) is 0 Å². The molecule has 2 N–H and O–H groups in total. The fraction of sp³-hybridized carbons (Fsp3) is 0.400. The van der Waals surface area contributed by atoms with Crippen LogP contribution in [0.15, 0.2) is 16.7 Å². The molecular formula is C10H14O5. The Morgan fingerprint density at radius 2 is 1.73 bits per heavy atom. The van der Waals surface area contributed by atoms with Gasteiger partial charge in [0.2, 0.25) is 5.76 Å². The van der Waals surface area contributed by atoms with E-state index in [1.165, 1.54) is 12.8 Å². The van der Waals surface area contributed by atoms with Crippen LogP contribution in [-0.2, 0) is 0 Å². The Morgan fingerprint density at radius 3 is 1.93 bits per heavy atom. The van der Waals surface area contributed by atoms with E-state index in [9.17, 15) is 9.59 Å². The Kier molecular flexibility index (Phi) is 5.85. The molecule has 0 fully saturated rings. The predicted octanol–water partition coefficient (Wildman–Crippen LogP) is 2.48. The zero-order valence-electron chi connectivity index (χ0n) is 8.69. The second-order valence-corrected chi connectivity index (χ2v) is 2.81. The highest BCUT2D eigenvalue weighted by atomic mass is 16.4. The van der Waals surface area contributed by atoms with E-state index in [0.717, 1.165) is 12.3 Å². The fourth-order valence-electron chi connectivity index (χ4n) is 0.561. The van der Waals surface area contributed by atoms with Crippen LogP contribution in [0.25, 0.3) is 0 Å². The normalized spacial score (nSPS) is 8.93. The van der Waals surface area contributed by atoms with Crippen molar-refractivity contribution in [1.82, 2.24) is 0 Å². The molecular weight excluding hydrogens is 200 g/mol. The minimum Gasteiger partial charge on any atom is -0.478 e. The summed E-state index contributed by atoms with van der Waals surface area (Å²) in [6.45, 7) is 4.36. The maximum atomic E-state index is 10.2. The summed E-state index contributed by atoms with van der Waals surface area (Å²) in [4.78, 5) is 20.3. The maximum absolute atomic E-state index is 10.2. The van der Waals surface area contributed by atoms with Crippen molar-refractivity contribution >= 4 is 11.9 Å². The van der Waals surface area contributed by atoms with Gasteiger partial charge in [0.05, 0.1) is 5.56 Å². The van der Waals surface area contributed by atoms with Crippen LogP contribution in [0.4, 0.5) is 0 Å². The van der Waals surface area contributed by atoms with Crippen molar-refractivity contribution in [1.29, 1.82) is 0 Å². The van der Waals surface area contributed by atoms with Gasteiger partial charge in [0.1, 0.15) is 6.26 Å². The molecule has 0 amide bonds. The highest BCUT2D eigenvalue weighted by Crippen LogP contribution is 2.06. The Bertz CT molecular complexity index is 296. The molecule has 5 heteroatoms. The molecule has 0 aliphatic heterocycles. The first-order chi connectivity index (χ1) is 7.02. The van der Waals surface area contributed by atoms with E-state index in [1.807, 2.05) is 0 Å². The molecule has 0 bridgehead atoms. The molecule has 0 aromatic carbocycles. The average Bonchev–Trinajstić information content (AvgIpc) is 2.67. The molecule has 0 aliphatic rings. The lowest BCUT2D eigenvalue weighted by Gasteiger charge is -1.80. The first-order valence-electron chi connectivity index (χ1n) is 4.58. The molecule has 1 aromatic rings. The largest absolute Gasteiger partial charge is 0.478 e. The zero-order chi connectivity index (χ0) is 11.8. The molecule has 15 heavy (non-hydrogen) atoms. The third-order valence-corrected chi connectivity index (χ3v) is 1.56. The van der Waals surface area contributed by atoms with Crippen LogP contribution in [0, 0.1) is 0 Å². The summed E-state index contributed by atoms with van der Waals surface area (Å²) in [6.07, 6.45) is 3.52. The molecule has 0 saturated carbocycles. The first-order valence-corrected chi connectivity index (χ1v) is 4.58. The van der Waals surface area contributed by atoms with Gasteiger partial charge in [-0.2, -0.15) is 0 Å². The van der Waals surface area contributed by atoms with E-state index in [2.05, 4.69) is 18.3 Å². The minimum atomic E-state index is -1.28. The summed E-state index contributed by atoms with van der Waals surface area (Å²) in [5, 5.41) is 16.6. The Hall–Kier alpha value is -1.78. The number of hydrogen-bond donors (Lipinski definition) is 2. The summed E-state index contributed by atoms with van der Waals surface area (Å²) < 4.78 is 4.41. The van der Waals surface area contributed by atoms with E-state index in [4.69, 9.17) is 10.2 Å². The smallest absolute Gasteiger partial charge is 0.371 e. The maximum Gasteiger partial charge on any atom is 0.371 e. The van der Waals surface area contributed by atoms with Gasteiger partial charge in [0, 0.05) is 6.07 Å². The van der Waals surface area contributed by atoms with Crippen LogP contribution >= 0.6 is 0 Å². The van der Waals surface area contributed by atoms with E-state index in [0.29, 0.717) is 0 Å². The molecule has 1 aromatic heterocycles. The third kappa shape index (κ3) is 4.85. The van der Waals surface area contributed by atoms with Gasteiger partial charge in [-0.3, -0.25) is 0 Å². The first kappa shape index (κ1) is 13.2. The summed E-state index contributed by atoms with van der Waals surface area (Å²) in [5.74, 6) is -2.86. The minimum absolute atomic E-state index is 0.164. The number of unbranched alkanes of at least 4 members (excludes halogenated alkanes) is 1. The van der Waals surface area contributed by atoms with Crippen molar-refractivity contribution in [2.45, 2.75) is 26.7 Å². The fourth-order valence-corrected chi connectivity index (χ4v) is 0.561. The lowest BCUT2D eigenvalue weighted by molar-refractivity contribution is 0.0659. The molecule has 5 nitrogen and oxygen atoms in total. The predicted molar refractivity (Wildman–Crippen MR) is 53.2 cm³/mol. The summed E-state index contributed by atoms with van der Waals surface area (Å²) >= 11 is 0. The molecule has 0 radical (unpaired) electrons. The monoisotopic (exact) mass is 214 g/mol. The lowest BCUT2D eigenvalue weighted by atomic mass is 10.3. The topological polar surface area (TPSA) is 87.7 Å². The van der Waals surface area contributed by atoms with Gasteiger partial charge in [0.25, 0.3) is 0 Å². The van der Waals surface area contributed by atoms with Gasteiger partial charge < -0.3 is 14.6 Å². The van der Waals surface area contributed by atoms with Crippen molar-refractivity contribution in [3.63, 3.8) is 0 Å². The van der Waals surface area contributed by atoms with Crippen LogP contribution in [0.2, 0.25) is 0 Å². The molecule has 0 saturated heterocycles. The van der Waals surface area contributed by atoms with Crippen molar-refractivity contribution in [3.05, 3.63) is 23.7 Å². The van der Waals surface area contributed by atoms with Gasteiger partial charge in [-0.15, -0.1) is 0 Å². The Labute approximate surface area is 87.3 Å². The van der Waals surface area contributed by atoms with Gasteiger partial charge >= 0.3 is 11.9 Å². The van der Waals surface area contributed by atoms with Crippen LogP contribution in [0.5, 0.6) is 0 Å². The Morgan fingerprint density at radius 1 is 1.20 bits per heavy atom. The molecule has 0 atom stereocenters. The third-order valence-electron chi connectivity index (χ3n) is 1.56. The highest BCUT2D eigenvalue weighted by Gasteiger charge is 2.12. The standard InChI is InChI=1S/C6H4O5.C4H10/c7-5(8)3-1-4(6(9)10)11-2-3;1-3-4-2/h1-2H,(H,7,8)(H,9,10);3-4H2,1-2H3. The highest BCUT2D eigenvalue weighted by molar-refractivity contribution is 5.91. The van der Waals surface area contributed by atoms with Gasteiger partial charge in [-0.25, -0.2) is 9.59 Å². The van der Waals surface area contributed by atoms with Crippen molar-refractivity contribution < 1.29 is 24.2 Å². The second-order valence-electron chi connectivity index (χ2n) is 2.81. The van der Waals surface area contributed by atoms with E-state index in [1.54, 1.807) is 0 Å². The zero-order valence-corrected chi connectivity index (χ0v) is 8.69. The van der Waals surface area contributed by atoms with Crippen molar-refractivity contribution in [2.24, 2.45) is 0 Å². The number of furan rings is 1. The SMILES string of the molecule is CCCC.O=C(O)c1coc(C(=O)O)c1. The molecule has 0 spiro atoms.